The van der Waals surface area contributed by atoms with Gasteiger partial charge < -0.3 is 15.4 Å². The SMILES string of the molecule is CCCOC1CCCN(C(=O)[C@H](C)N)C1. The number of nitrogens with zero attached hydrogens (tertiary/aromatic N) is 1. The minimum atomic E-state index is -0.394. The van der Waals surface area contributed by atoms with Crippen LogP contribution in [0.1, 0.15) is 33.1 Å². The summed E-state index contributed by atoms with van der Waals surface area (Å²) < 4.78 is 5.66. The van der Waals surface area contributed by atoms with E-state index in [2.05, 4.69) is 6.92 Å². The molecule has 1 heterocycles. The predicted molar refractivity (Wildman–Crippen MR) is 59.5 cm³/mol. The summed E-state index contributed by atoms with van der Waals surface area (Å²) in [5.74, 6) is 0.0415. The minimum Gasteiger partial charge on any atom is -0.376 e. The lowest BCUT2D eigenvalue weighted by Gasteiger charge is -2.33. The highest BCUT2D eigenvalue weighted by Crippen LogP contribution is 2.14. The molecule has 1 unspecified atom stereocenters. The second-order valence-corrected chi connectivity index (χ2v) is 4.21. The first-order valence-corrected chi connectivity index (χ1v) is 5.81. The second-order valence-electron chi connectivity index (χ2n) is 4.21. The van der Waals surface area contributed by atoms with Crippen LogP contribution in [0.5, 0.6) is 0 Å². The molecule has 2 atom stereocenters. The van der Waals surface area contributed by atoms with E-state index < -0.39 is 6.04 Å². The van der Waals surface area contributed by atoms with Gasteiger partial charge in [0.2, 0.25) is 5.91 Å². The predicted octanol–water partition coefficient (Wildman–Crippen LogP) is 0.751. The fourth-order valence-electron chi connectivity index (χ4n) is 1.85. The van der Waals surface area contributed by atoms with Crippen LogP contribution >= 0.6 is 0 Å². The van der Waals surface area contributed by atoms with E-state index >= 15 is 0 Å². The Balaban J connectivity index is 2.38. The Morgan fingerprint density at radius 3 is 3.00 bits per heavy atom. The molecule has 0 aromatic heterocycles. The lowest BCUT2D eigenvalue weighted by Crippen LogP contribution is -2.48. The standard InChI is InChI=1S/C11H22N2O2/c1-3-7-15-10-5-4-6-13(8-10)11(14)9(2)12/h9-10H,3-8,12H2,1-2H3/t9-,10?/m0/s1. The van der Waals surface area contributed by atoms with Gasteiger partial charge in [-0.15, -0.1) is 0 Å². The van der Waals surface area contributed by atoms with Gasteiger partial charge in [-0.3, -0.25) is 4.79 Å². The zero-order chi connectivity index (χ0) is 11.3. The van der Waals surface area contributed by atoms with E-state index in [4.69, 9.17) is 10.5 Å². The van der Waals surface area contributed by atoms with Crippen LogP contribution in [0.25, 0.3) is 0 Å². The van der Waals surface area contributed by atoms with Crippen LogP contribution in [-0.4, -0.2) is 42.6 Å². The number of ether oxygens (including phenoxy) is 1. The molecule has 4 nitrogen and oxygen atoms in total. The van der Waals surface area contributed by atoms with Gasteiger partial charge in [0.05, 0.1) is 12.1 Å². The quantitative estimate of drug-likeness (QED) is 0.751. The highest BCUT2D eigenvalue weighted by molar-refractivity contribution is 5.81. The van der Waals surface area contributed by atoms with Crippen LogP contribution in [0.4, 0.5) is 0 Å². The van der Waals surface area contributed by atoms with Crippen molar-refractivity contribution in [3.05, 3.63) is 0 Å². The Kier molecular flexibility index (Phi) is 5.05. The lowest BCUT2D eigenvalue weighted by molar-refractivity contribution is -0.136. The molecule has 1 amide bonds. The summed E-state index contributed by atoms with van der Waals surface area (Å²) in [6, 6.07) is -0.394. The number of carbonyl (C=O) groups excluding carboxylic acids is 1. The van der Waals surface area contributed by atoms with E-state index in [0.29, 0.717) is 6.54 Å². The highest BCUT2D eigenvalue weighted by Gasteiger charge is 2.25. The summed E-state index contributed by atoms with van der Waals surface area (Å²) in [7, 11) is 0. The smallest absolute Gasteiger partial charge is 0.239 e. The zero-order valence-electron chi connectivity index (χ0n) is 9.74. The Hall–Kier alpha value is -0.610. The third-order valence-corrected chi connectivity index (χ3v) is 2.64. The van der Waals surface area contributed by atoms with Crippen molar-refractivity contribution in [1.82, 2.24) is 4.90 Å². The van der Waals surface area contributed by atoms with Gasteiger partial charge in [-0.05, 0) is 26.2 Å². The maximum absolute atomic E-state index is 11.7. The third kappa shape index (κ3) is 3.80. The number of piperidine rings is 1. The summed E-state index contributed by atoms with van der Waals surface area (Å²) in [5.41, 5.74) is 5.58. The van der Waals surface area contributed by atoms with Crippen LogP contribution in [0, 0.1) is 0 Å². The van der Waals surface area contributed by atoms with Gasteiger partial charge in [0, 0.05) is 19.7 Å². The van der Waals surface area contributed by atoms with Crippen LogP contribution in [-0.2, 0) is 9.53 Å². The highest BCUT2D eigenvalue weighted by atomic mass is 16.5. The molecule has 1 aliphatic rings. The van der Waals surface area contributed by atoms with Crippen molar-refractivity contribution in [3.8, 4) is 0 Å². The zero-order valence-corrected chi connectivity index (χ0v) is 9.74. The maximum atomic E-state index is 11.7. The van der Waals surface area contributed by atoms with Crippen molar-refractivity contribution >= 4 is 5.91 Å². The molecular formula is C11H22N2O2. The first-order chi connectivity index (χ1) is 7.15. The van der Waals surface area contributed by atoms with E-state index in [0.717, 1.165) is 32.4 Å². The Labute approximate surface area is 91.8 Å². The van der Waals surface area contributed by atoms with Crippen molar-refractivity contribution in [2.45, 2.75) is 45.3 Å². The van der Waals surface area contributed by atoms with Gasteiger partial charge in [-0.1, -0.05) is 6.92 Å². The summed E-state index contributed by atoms with van der Waals surface area (Å²) in [6.45, 7) is 6.14. The average Bonchev–Trinajstić information content (AvgIpc) is 2.25. The normalized spacial score (nSPS) is 23.9. The number of likely N-dealkylation sites (tertiary alicyclic amines) is 1. The van der Waals surface area contributed by atoms with Crippen molar-refractivity contribution in [2.75, 3.05) is 19.7 Å². The number of hydrogen-bond donors (Lipinski definition) is 1. The number of hydrogen-bond acceptors (Lipinski definition) is 3. The fraction of sp³-hybridized carbons (Fsp3) is 0.909. The average molecular weight is 214 g/mol. The Morgan fingerprint density at radius 1 is 1.67 bits per heavy atom. The molecule has 1 fully saturated rings. The van der Waals surface area contributed by atoms with E-state index in [1.54, 1.807) is 6.92 Å². The molecule has 0 spiro atoms. The van der Waals surface area contributed by atoms with Gasteiger partial charge in [-0.25, -0.2) is 0 Å². The molecule has 1 rings (SSSR count). The van der Waals surface area contributed by atoms with E-state index in [-0.39, 0.29) is 12.0 Å². The summed E-state index contributed by atoms with van der Waals surface area (Å²) in [6.07, 6.45) is 3.31. The van der Waals surface area contributed by atoms with Crippen molar-refractivity contribution < 1.29 is 9.53 Å². The topological polar surface area (TPSA) is 55.6 Å². The molecular weight excluding hydrogens is 192 g/mol. The molecule has 1 aliphatic heterocycles. The van der Waals surface area contributed by atoms with E-state index in [9.17, 15) is 4.79 Å². The summed E-state index contributed by atoms with van der Waals surface area (Å²) >= 11 is 0. The first kappa shape index (κ1) is 12.5. The van der Waals surface area contributed by atoms with Gasteiger partial charge in [0.25, 0.3) is 0 Å². The van der Waals surface area contributed by atoms with Crippen LogP contribution in [0.2, 0.25) is 0 Å². The Morgan fingerprint density at radius 2 is 2.40 bits per heavy atom. The van der Waals surface area contributed by atoms with Gasteiger partial charge >= 0.3 is 0 Å². The molecule has 15 heavy (non-hydrogen) atoms. The maximum Gasteiger partial charge on any atom is 0.239 e. The van der Waals surface area contributed by atoms with E-state index in [1.165, 1.54) is 0 Å². The third-order valence-electron chi connectivity index (χ3n) is 2.64. The molecule has 88 valence electrons. The van der Waals surface area contributed by atoms with Gasteiger partial charge in [0.15, 0.2) is 0 Å². The molecule has 2 N–H and O–H groups in total. The molecule has 0 aliphatic carbocycles. The molecule has 4 heteroatoms. The molecule has 0 bridgehead atoms. The summed E-state index contributed by atoms with van der Waals surface area (Å²) in [5, 5.41) is 0. The number of amides is 1. The number of rotatable bonds is 4. The largest absolute Gasteiger partial charge is 0.376 e. The second kappa shape index (κ2) is 6.08. The molecule has 0 saturated carbocycles. The minimum absolute atomic E-state index is 0.0415. The molecule has 1 saturated heterocycles. The monoisotopic (exact) mass is 214 g/mol. The van der Waals surface area contributed by atoms with Crippen molar-refractivity contribution in [1.29, 1.82) is 0 Å². The molecule has 0 radical (unpaired) electrons. The fourth-order valence-corrected chi connectivity index (χ4v) is 1.85. The van der Waals surface area contributed by atoms with Crippen LogP contribution in [0.15, 0.2) is 0 Å². The number of nitrogens with two attached hydrogens (primary N) is 1. The van der Waals surface area contributed by atoms with Gasteiger partial charge in [0.1, 0.15) is 0 Å². The summed E-state index contributed by atoms with van der Waals surface area (Å²) in [4.78, 5) is 13.5. The lowest BCUT2D eigenvalue weighted by atomic mass is 10.1. The number of carbonyl (C=O) groups is 1. The molecule has 0 aromatic rings. The van der Waals surface area contributed by atoms with Crippen LogP contribution in [0.3, 0.4) is 0 Å². The van der Waals surface area contributed by atoms with Crippen molar-refractivity contribution in [2.24, 2.45) is 5.73 Å². The van der Waals surface area contributed by atoms with E-state index in [1.807, 2.05) is 4.90 Å². The van der Waals surface area contributed by atoms with Crippen LogP contribution < -0.4 is 5.73 Å². The molecule has 0 aromatic carbocycles. The Bertz CT molecular complexity index is 207. The van der Waals surface area contributed by atoms with Gasteiger partial charge in [-0.2, -0.15) is 0 Å². The first-order valence-electron chi connectivity index (χ1n) is 5.81. The van der Waals surface area contributed by atoms with Crippen molar-refractivity contribution in [3.63, 3.8) is 0 Å².